The van der Waals surface area contributed by atoms with Gasteiger partial charge in [0.2, 0.25) is 0 Å². The first-order chi connectivity index (χ1) is 13.1. The zero-order valence-electron chi connectivity index (χ0n) is 15.3. The number of benzene rings is 1. The van der Waals surface area contributed by atoms with E-state index in [-0.39, 0.29) is 17.1 Å². The molecule has 0 radical (unpaired) electrons. The Labute approximate surface area is 158 Å². The Balaban J connectivity index is 2.51. The Morgan fingerprint density at radius 3 is 2.29 bits per heavy atom. The highest BCUT2D eigenvalue weighted by molar-refractivity contribution is 6.01. The monoisotopic (exact) mass is 397 g/mol. The summed E-state index contributed by atoms with van der Waals surface area (Å²) in [6.07, 6.45) is -3.95. The highest BCUT2D eigenvalue weighted by Crippen LogP contribution is 2.33. The number of carbonyl (C=O) groups excluding carboxylic acids is 2. The van der Waals surface area contributed by atoms with Gasteiger partial charge in [-0.3, -0.25) is 4.79 Å². The molecule has 150 valence electrons. The second-order valence-corrected chi connectivity index (χ2v) is 5.74. The number of aromatic nitrogens is 1. The van der Waals surface area contributed by atoms with Gasteiger partial charge >= 0.3 is 17.8 Å². The van der Waals surface area contributed by atoms with Crippen LogP contribution in [-0.4, -0.2) is 42.9 Å². The van der Waals surface area contributed by atoms with Crippen molar-refractivity contribution in [2.75, 3.05) is 19.5 Å². The van der Waals surface area contributed by atoms with Crippen molar-refractivity contribution < 1.29 is 32.2 Å². The van der Waals surface area contributed by atoms with E-state index in [1.54, 1.807) is 18.3 Å². The number of hydrogen-bond acceptors (Lipinski definition) is 6. The van der Waals surface area contributed by atoms with Crippen molar-refractivity contribution in [3.8, 4) is 5.75 Å². The maximum Gasteiger partial charge on any atom is 0.441 e. The number of para-hydroxylation sites is 1. The zero-order chi connectivity index (χ0) is 20.9. The van der Waals surface area contributed by atoms with Crippen LogP contribution in [0.3, 0.4) is 0 Å². The van der Waals surface area contributed by atoms with E-state index >= 15 is 0 Å². The molecular formula is C18H18F3N3O4. The number of esters is 1. The van der Waals surface area contributed by atoms with Crippen LogP contribution >= 0.6 is 0 Å². The smallest absolute Gasteiger partial charge is 0.441 e. The van der Waals surface area contributed by atoms with Gasteiger partial charge in [-0.15, -0.1) is 0 Å². The molecular weight excluding hydrogens is 379 g/mol. The second-order valence-electron chi connectivity index (χ2n) is 5.74. The lowest BCUT2D eigenvalue weighted by Gasteiger charge is -2.34. The Bertz CT molecular complexity index is 856. The third kappa shape index (κ3) is 4.16. The summed E-state index contributed by atoms with van der Waals surface area (Å²) in [6, 6.07) is 8.39. The number of nitrogens with one attached hydrogen (secondary N) is 2. The van der Waals surface area contributed by atoms with Gasteiger partial charge in [-0.1, -0.05) is 18.2 Å². The van der Waals surface area contributed by atoms with Crippen LogP contribution in [0.4, 0.5) is 19.0 Å². The molecule has 2 aromatic rings. The van der Waals surface area contributed by atoms with Gasteiger partial charge in [0.1, 0.15) is 11.6 Å². The van der Waals surface area contributed by atoms with Gasteiger partial charge in [0.25, 0.3) is 5.91 Å². The summed E-state index contributed by atoms with van der Waals surface area (Å²) in [4.78, 5) is 28.6. The molecule has 0 fully saturated rings. The molecule has 1 amide bonds. The molecule has 1 aromatic carbocycles. The molecule has 0 bridgehead atoms. The minimum absolute atomic E-state index is 0.0365. The van der Waals surface area contributed by atoms with E-state index in [2.05, 4.69) is 9.72 Å². The molecule has 0 saturated carbocycles. The molecule has 1 atom stereocenters. The molecule has 7 nitrogen and oxygen atoms in total. The molecule has 0 aliphatic carbocycles. The number of halogens is 3. The summed E-state index contributed by atoms with van der Waals surface area (Å²) < 4.78 is 51.3. The number of amides is 1. The summed E-state index contributed by atoms with van der Waals surface area (Å²) in [5, 5.41) is 3.67. The van der Waals surface area contributed by atoms with E-state index in [4.69, 9.17) is 4.74 Å². The number of nitrogens with zero attached hydrogens (tertiary/aromatic N) is 1. The SMILES string of the molecule is COC(=O)[C@@](NC(=O)c1ccccc1OC)(Nc1ccc(C)cn1)C(F)(F)F. The maximum atomic E-state index is 14.0. The fraction of sp³-hybridized carbons (Fsp3) is 0.278. The van der Waals surface area contributed by atoms with Gasteiger partial charge in [-0.05, 0) is 30.7 Å². The van der Waals surface area contributed by atoms with Gasteiger partial charge in [0.05, 0.1) is 19.8 Å². The molecule has 0 aliphatic heterocycles. The van der Waals surface area contributed by atoms with Crippen LogP contribution in [0, 0.1) is 6.92 Å². The molecule has 10 heteroatoms. The van der Waals surface area contributed by atoms with E-state index in [9.17, 15) is 22.8 Å². The molecule has 0 unspecified atom stereocenters. The molecule has 0 aliphatic rings. The number of hydrogen-bond donors (Lipinski definition) is 2. The third-order valence-electron chi connectivity index (χ3n) is 3.80. The number of carbonyl (C=O) groups is 2. The van der Waals surface area contributed by atoms with Crippen molar-refractivity contribution in [2.24, 2.45) is 0 Å². The highest BCUT2D eigenvalue weighted by atomic mass is 19.4. The number of aryl methyl sites for hydroxylation is 1. The van der Waals surface area contributed by atoms with Gasteiger partial charge in [-0.2, -0.15) is 13.2 Å². The van der Waals surface area contributed by atoms with Crippen LogP contribution in [0.5, 0.6) is 5.75 Å². The summed E-state index contributed by atoms with van der Waals surface area (Å²) in [6.45, 7) is 1.69. The summed E-state index contributed by atoms with van der Waals surface area (Å²) >= 11 is 0. The van der Waals surface area contributed by atoms with Crippen LogP contribution in [0.2, 0.25) is 0 Å². The average Bonchev–Trinajstić information content (AvgIpc) is 2.67. The normalized spacial score (nSPS) is 13.2. The number of methoxy groups -OCH3 is 2. The van der Waals surface area contributed by atoms with Crippen molar-refractivity contribution in [3.05, 3.63) is 53.7 Å². The second kappa shape index (κ2) is 8.15. The van der Waals surface area contributed by atoms with Crippen LogP contribution in [-0.2, 0) is 9.53 Å². The van der Waals surface area contributed by atoms with E-state index in [1.165, 1.54) is 43.6 Å². The fourth-order valence-electron chi connectivity index (χ4n) is 2.35. The molecule has 0 spiro atoms. The van der Waals surface area contributed by atoms with Crippen molar-refractivity contribution >= 4 is 17.7 Å². The van der Waals surface area contributed by atoms with Gasteiger partial charge in [-0.25, -0.2) is 9.78 Å². The van der Waals surface area contributed by atoms with Crippen LogP contribution < -0.4 is 15.4 Å². The number of rotatable bonds is 6. The molecule has 2 rings (SSSR count). The predicted molar refractivity (Wildman–Crippen MR) is 93.9 cm³/mol. The molecule has 0 saturated heterocycles. The first kappa shape index (κ1) is 21.0. The zero-order valence-corrected chi connectivity index (χ0v) is 15.3. The Morgan fingerprint density at radius 2 is 1.75 bits per heavy atom. The largest absolute Gasteiger partial charge is 0.496 e. The van der Waals surface area contributed by atoms with E-state index in [0.717, 1.165) is 7.11 Å². The molecule has 28 heavy (non-hydrogen) atoms. The average molecular weight is 397 g/mol. The Hall–Kier alpha value is -3.30. The first-order valence-corrected chi connectivity index (χ1v) is 7.96. The lowest BCUT2D eigenvalue weighted by molar-refractivity contribution is -0.203. The maximum absolute atomic E-state index is 14.0. The summed E-state index contributed by atoms with van der Waals surface area (Å²) in [7, 11) is 2.04. The van der Waals surface area contributed by atoms with Crippen LogP contribution in [0.15, 0.2) is 42.6 Å². The van der Waals surface area contributed by atoms with E-state index < -0.39 is 23.7 Å². The van der Waals surface area contributed by atoms with Crippen molar-refractivity contribution in [3.63, 3.8) is 0 Å². The highest BCUT2D eigenvalue weighted by Gasteiger charge is 2.63. The quantitative estimate of drug-likeness (QED) is 0.576. The van der Waals surface area contributed by atoms with Crippen molar-refractivity contribution in [1.29, 1.82) is 0 Å². The van der Waals surface area contributed by atoms with Gasteiger partial charge in [0.15, 0.2) is 0 Å². The topological polar surface area (TPSA) is 89.5 Å². The lowest BCUT2D eigenvalue weighted by Crippen LogP contribution is -2.69. The van der Waals surface area contributed by atoms with Gasteiger partial charge < -0.3 is 20.1 Å². The van der Waals surface area contributed by atoms with E-state index in [0.29, 0.717) is 5.56 Å². The third-order valence-corrected chi connectivity index (χ3v) is 3.80. The van der Waals surface area contributed by atoms with Gasteiger partial charge in [0, 0.05) is 6.20 Å². The van der Waals surface area contributed by atoms with Crippen molar-refractivity contribution in [1.82, 2.24) is 10.3 Å². The fourth-order valence-corrected chi connectivity index (χ4v) is 2.35. The van der Waals surface area contributed by atoms with E-state index in [1.807, 2.05) is 5.32 Å². The Kier molecular flexibility index (Phi) is 6.12. The van der Waals surface area contributed by atoms with Crippen molar-refractivity contribution in [2.45, 2.75) is 18.8 Å². The van der Waals surface area contributed by atoms with Crippen LogP contribution in [0.1, 0.15) is 15.9 Å². The Morgan fingerprint density at radius 1 is 1.07 bits per heavy atom. The lowest BCUT2D eigenvalue weighted by atomic mass is 10.1. The molecule has 1 aromatic heterocycles. The molecule has 1 heterocycles. The summed E-state index contributed by atoms with van der Waals surface area (Å²) in [5.41, 5.74) is -3.07. The summed E-state index contributed by atoms with van der Waals surface area (Å²) in [5.74, 6) is -3.20. The minimum Gasteiger partial charge on any atom is -0.496 e. The number of ether oxygens (including phenoxy) is 2. The van der Waals surface area contributed by atoms with Crippen LogP contribution in [0.25, 0.3) is 0 Å². The first-order valence-electron chi connectivity index (χ1n) is 7.96. The minimum atomic E-state index is -5.26. The number of alkyl halides is 3. The number of pyridine rings is 1. The molecule has 2 N–H and O–H groups in total. The standard InChI is InChI=1S/C18H18F3N3O4/c1-11-8-9-14(22-10-11)23-17(16(26)28-3,18(19,20)21)24-15(25)12-6-4-5-7-13(12)27-2/h4-10H,1-3H3,(H,22,23)(H,24,25)/t17-/m0/s1. The predicted octanol–water partition coefficient (Wildman–Crippen LogP) is 2.67. The number of anilines is 1.